The van der Waals surface area contributed by atoms with Crippen LogP contribution in [0.3, 0.4) is 0 Å². The third-order valence-corrected chi connectivity index (χ3v) is 14.8. The number of ether oxygens (including phenoxy) is 2. The molecule has 0 rings (SSSR count). The first-order chi connectivity index (χ1) is 32.3. The van der Waals surface area contributed by atoms with Crippen LogP contribution in [0.5, 0.6) is 0 Å². The van der Waals surface area contributed by atoms with Crippen molar-refractivity contribution in [3.63, 3.8) is 0 Å². The predicted molar refractivity (Wildman–Crippen MR) is 283 cm³/mol. The molecule has 0 bridgehead atoms. The van der Waals surface area contributed by atoms with Crippen molar-refractivity contribution in [2.24, 2.45) is 10.8 Å². The van der Waals surface area contributed by atoms with Crippen LogP contribution in [0.25, 0.3) is 0 Å². The van der Waals surface area contributed by atoms with Crippen LogP contribution in [0.2, 0.25) is 0 Å². The van der Waals surface area contributed by atoms with Crippen LogP contribution in [0.1, 0.15) is 337 Å². The summed E-state index contributed by atoms with van der Waals surface area (Å²) in [6.07, 6.45) is 49.8. The first-order valence-electron chi connectivity index (χ1n) is 29.7. The van der Waals surface area contributed by atoms with Gasteiger partial charge in [0, 0.05) is 12.8 Å². The van der Waals surface area contributed by atoms with Gasteiger partial charge in [-0.2, -0.15) is 0 Å². The highest BCUT2D eigenvalue weighted by molar-refractivity contribution is 6.04. The van der Waals surface area contributed by atoms with Gasteiger partial charge < -0.3 is 9.47 Å². The summed E-state index contributed by atoms with van der Waals surface area (Å²) in [4.78, 5) is 55.8. The molecule has 0 aromatic rings. The number of ketones is 2. The molecular weight excluding hydrogens is 817 g/mol. The zero-order valence-electron chi connectivity index (χ0n) is 45.4. The second-order valence-corrected chi connectivity index (χ2v) is 20.7. The zero-order valence-corrected chi connectivity index (χ0v) is 45.4. The third-order valence-electron chi connectivity index (χ3n) is 14.8. The fraction of sp³-hybridized carbons (Fsp3) is 0.933. The maximum Gasteiger partial charge on any atom is 0.319 e. The lowest BCUT2D eigenvalue weighted by Gasteiger charge is -2.30. The molecule has 0 atom stereocenters. The molecule has 0 fully saturated rings. The maximum absolute atomic E-state index is 14.2. The van der Waals surface area contributed by atoms with Gasteiger partial charge in [-0.15, -0.1) is 0 Å². The van der Waals surface area contributed by atoms with Crippen LogP contribution in [0.4, 0.5) is 0 Å². The van der Waals surface area contributed by atoms with Crippen LogP contribution < -0.4 is 0 Å². The van der Waals surface area contributed by atoms with Crippen molar-refractivity contribution in [2.45, 2.75) is 337 Å². The highest BCUT2D eigenvalue weighted by atomic mass is 16.5. The standard InChI is InChI=1S/C60H114O6/c1-7-13-17-21-25-33-39-45-51-59(57(63)65-11-5,52-46-40-34-26-22-18-14-8-2)55(61)49-43-37-31-29-30-32-38-44-50-56(62)60(58(64)66-12-6,53-47-41-35-27-23-19-15-9-3)54-48-42-36-28-24-20-16-10-4/h7-54H2,1-6H3. The Hall–Kier alpha value is -1.72. The Morgan fingerprint density at radius 2 is 0.439 bits per heavy atom. The van der Waals surface area contributed by atoms with Gasteiger partial charge in [0.2, 0.25) is 0 Å². The Labute approximate surface area is 411 Å². The molecule has 0 saturated heterocycles. The molecule has 0 N–H and O–H groups in total. The predicted octanol–water partition coefficient (Wildman–Crippen LogP) is 19.2. The van der Waals surface area contributed by atoms with E-state index < -0.39 is 10.8 Å². The quantitative estimate of drug-likeness (QED) is 0.0343. The Morgan fingerprint density at radius 3 is 0.636 bits per heavy atom. The average molecular weight is 932 g/mol. The summed E-state index contributed by atoms with van der Waals surface area (Å²) < 4.78 is 11.4. The van der Waals surface area contributed by atoms with Gasteiger partial charge in [0.05, 0.1) is 13.2 Å². The van der Waals surface area contributed by atoms with E-state index >= 15 is 0 Å². The lowest BCUT2D eigenvalue weighted by atomic mass is 9.72. The molecule has 0 saturated carbocycles. The molecule has 0 aliphatic carbocycles. The SMILES string of the molecule is CCCCCCCCCCC(CCCCCCCCCC)(C(=O)CCCCCCCCCCC(=O)C(CCCCCCCCCC)(CCCCCCCCCC)C(=O)OCC)C(=O)OCC. The van der Waals surface area contributed by atoms with Crippen LogP contribution >= 0.6 is 0 Å². The molecule has 0 aromatic heterocycles. The van der Waals surface area contributed by atoms with Gasteiger partial charge in [-0.25, -0.2) is 0 Å². The van der Waals surface area contributed by atoms with Crippen molar-refractivity contribution >= 4 is 23.5 Å². The lowest BCUT2D eigenvalue weighted by molar-refractivity contribution is -0.163. The van der Waals surface area contributed by atoms with Crippen molar-refractivity contribution in [1.29, 1.82) is 0 Å². The normalized spacial score (nSPS) is 11.9. The molecule has 6 heteroatoms. The second-order valence-electron chi connectivity index (χ2n) is 20.7. The number of carbonyl (C=O) groups is 4. The van der Waals surface area contributed by atoms with E-state index in [0.717, 1.165) is 103 Å². The van der Waals surface area contributed by atoms with Crippen LogP contribution in [-0.4, -0.2) is 36.7 Å². The first kappa shape index (κ1) is 64.3. The summed E-state index contributed by atoms with van der Waals surface area (Å²) in [6, 6.07) is 0. The molecule has 66 heavy (non-hydrogen) atoms. The fourth-order valence-corrected chi connectivity index (χ4v) is 10.3. The van der Waals surface area contributed by atoms with E-state index in [0.29, 0.717) is 51.7 Å². The number of hydrogen-bond acceptors (Lipinski definition) is 6. The summed E-state index contributed by atoms with van der Waals surface area (Å²) in [5, 5.41) is 0. The van der Waals surface area contributed by atoms with E-state index in [1.807, 2.05) is 13.8 Å². The van der Waals surface area contributed by atoms with Gasteiger partial charge in [-0.3, -0.25) is 19.2 Å². The molecule has 0 spiro atoms. The van der Waals surface area contributed by atoms with E-state index in [1.54, 1.807) is 0 Å². The van der Waals surface area contributed by atoms with Gasteiger partial charge in [-0.1, -0.05) is 272 Å². The molecule has 0 amide bonds. The van der Waals surface area contributed by atoms with Crippen molar-refractivity contribution in [3.05, 3.63) is 0 Å². The largest absolute Gasteiger partial charge is 0.465 e. The number of rotatable bonds is 53. The molecule has 6 nitrogen and oxygen atoms in total. The minimum Gasteiger partial charge on any atom is -0.465 e. The van der Waals surface area contributed by atoms with Crippen molar-refractivity contribution in [1.82, 2.24) is 0 Å². The monoisotopic (exact) mass is 931 g/mol. The number of carbonyl (C=O) groups excluding carboxylic acids is 4. The topological polar surface area (TPSA) is 86.7 Å². The van der Waals surface area contributed by atoms with E-state index in [-0.39, 0.29) is 23.5 Å². The zero-order chi connectivity index (χ0) is 48.7. The summed E-state index contributed by atoms with van der Waals surface area (Å²) >= 11 is 0. The van der Waals surface area contributed by atoms with Gasteiger partial charge in [-0.05, 0) is 52.4 Å². The minimum absolute atomic E-state index is 0.125. The van der Waals surface area contributed by atoms with Gasteiger partial charge >= 0.3 is 11.9 Å². The number of unbranched alkanes of at least 4 members (excludes halogenated alkanes) is 35. The van der Waals surface area contributed by atoms with E-state index in [9.17, 15) is 19.2 Å². The molecule has 0 aromatic carbocycles. The number of Topliss-reactive ketones (excluding diaryl/α,β-unsaturated/α-hetero) is 2. The highest BCUT2D eigenvalue weighted by Gasteiger charge is 2.46. The van der Waals surface area contributed by atoms with Crippen molar-refractivity contribution in [2.75, 3.05) is 13.2 Å². The van der Waals surface area contributed by atoms with Crippen molar-refractivity contribution < 1.29 is 28.7 Å². The van der Waals surface area contributed by atoms with E-state index in [4.69, 9.17) is 9.47 Å². The molecule has 390 valence electrons. The number of hydrogen-bond donors (Lipinski definition) is 0. The summed E-state index contributed by atoms with van der Waals surface area (Å²) in [5.74, 6) is -0.277. The molecule has 0 radical (unpaired) electrons. The van der Waals surface area contributed by atoms with Crippen molar-refractivity contribution in [3.8, 4) is 0 Å². The first-order valence-corrected chi connectivity index (χ1v) is 29.7. The summed E-state index contributed by atoms with van der Waals surface area (Å²) in [7, 11) is 0. The van der Waals surface area contributed by atoms with E-state index in [2.05, 4.69) is 27.7 Å². The Balaban J connectivity index is 5.22. The molecular formula is C60H114O6. The Kier molecular flexibility index (Phi) is 45.8. The second kappa shape index (κ2) is 47.0. The van der Waals surface area contributed by atoms with Crippen LogP contribution in [-0.2, 0) is 28.7 Å². The summed E-state index contributed by atoms with van der Waals surface area (Å²) in [5.41, 5.74) is -1.96. The van der Waals surface area contributed by atoms with E-state index in [1.165, 1.54) is 154 Å². The molecule has 0 unspecified atom stereocenters. The molecule has 0 aliphatic heterocycles. The average Bonchev–Trinajstić information content (AvgIpc) is 3.31. The third kappa shape index (κ3) is 32.2. The highest BCUT2D eigenvalue weighted by Crippen LogP contribution is 2.38. The lowest BCUT2D eigenvalue weighted by Crippen LogP contribution is -2.41. The van der Waals surface area contributed by atoms with Gasteiger partial charge in [0.25, 0.3) is 0 Å². The van der Waals surface area contributed by atoms with Crippen LogP contribution in [0, 0.1) is 10.8 Å². The van der Waals surface area contributed by atoms with Gasteiger partial charge in [0.15, 0.2) is 0 Å². The molecule has 0 heterocycles. The van der Waals surface area contributed by atoms with Gasteiger partial charge in [0.1, 0.15) is 22.4 Å². The maximum atomic E-state index is 14.2. The molecule has 0 aliphatic rings. The van der Waals surface area contributed by atoms with Crippen LogP contribution in [0.15, 0.2) is 0 Å². The number of esters is 2. The smallest absolute Gasteiger partial charge is 0.319 e. The summed E-state index contributed by atoms with van der Waals surface area (Å²) in [6.45, 7) is 13.4. The Bertz CT molecular complexity index is 988. The minimum atomic E-state index is -0.982. The fourth-order valence-electron chi connectivity index (χ4n) is 10.3. The Morgan fingerprint density at radius 1 is 0.258 bits per heavy atom.